The molecule has 0 spiro atoms. The third-order valence-electron chi connectivity index (χ3n) is 4.58. The van der Waals surface area contributed by atoms with Gasteiger partial charge < -0.3 is 5.32 Å². The Labute approximate surface area is 159 Å². The summed E-state index contributed by atoms with van der Waals surface area (Å²) >= 11 is 0. The van der Waals surface area contributed by atoms with Gasteiger partial charge >= 0.3 is 0 Å². The Morgan fingerprint density at radius 1 is 1.07 bits per heavy atom. The molecule has 9 heteroatoms. The molecule has 2 atom stereocenters. The number of hydrogen-bond acceptors (Lipinski definition) is 6. The average Bonchev–Trinajstić information content (AvgIpc) is 3.18. The van der Waals surface area contributed by atoms with Gasteiger partial charge in [-0.2, -0.15) is 5.11 Å². The van der Waals surface area contributed by atoms with E-state index in [2.05, 4.69) is 15.7 Å². The first kappa shape index (κ1) is 17.8. The fourth-order valence-corrected chi connectivity index (χ4v) is 3.18. The summed E-state index contributed by atoms with van der Waals surface area (Å²) in [6.45, 7) is 1.71. The van der Waals surface area contributed by atoms with Crippen molar-refractivity contribution in [2.45, 2.75) is 19.0 Å². The molecule has 8 nitrogen and oxygen atoms in total. The molecule has 0 bridgehead atoms. The van der Waals surface area contributed by atoms with Crippen molar-refractivity contribution in [1.29, 1.82) is 0 Å². The van der Waals surface area contributed by atoms with Crippen molar-refractivity contribution in [2.75, 3.05) is 16.8 Å². The van der Waals surface area contributed by atoms with Crippen LogP contribution in [-0.2, 0) is 14.4 Å². The second-order valence-electron chi connectivity index (χ2n) is 6.59. The summed E-state index contributed by atoms with van der Waals surface area (Å²) in [5, 5.41) is 11.6. The van der Waals surface area contributed by atoms with Gasteiger partial charge in [0.05, 0.1) is 5.69 Å². The van der Waals surface area contributed by atoms with E-state index < -0.39 is 29.7 Å². The molecule has 2 heterocycles. The number of carbonyl (C=O) groups is 3. The molecule has 2 aromatic carbocycles. The first-order valence-electron chi connectivity index (χ1n) is 8.61. The Morgan fingerprint density at radius 3 is 2.43 bits per heavy atom. The molecule has 3 amide bonds. The lowest BCUT2D eigenvalue weighted by molar-refractivity contribution is -0.123. The van der Waals surface area contributed by atoms with Crippen LogP contribution in [0, 0.1) is 12.7 Å². The van der Waals surface area contributed by atoms with Crippen molar-refractivity contribution in [2.24, 2.45) is 10.3 Å². The van der Waals surface area contributed by atoms with Gasteiger partial charge in [0.2, 0.25) is 5.91 Å². The minimum Gasteiger partial charge on any atom is -0.324 e. The minimum atomic E-state index is -1.01. The summed E-state index contributed by atoms with van der Waals surface area (Å²) in [5.74, 6) is -1.96. The first-order chi connectivity index (χ1) is 13.4. The Hall–Kier alpha value is -3.62. The molecular weight excluding hydrogens is 365 g/mol. The molecule has 1 saturated heterocycles. The van der Waals surface area contributed by atoms with E-state index in [0.29, 0.717) is 5.69 Å². The van der Waals surface area contributed by atoms with E-state index in [1.807, 2.05) is 19.1 Å². The number of amides is 3. The van der Waals surface area contributed by atoms with E-state index in [0.717, 1.165) is 22.6 Å². The van der Waals surface area contributed by atoms with E-state index in [-0.39, 0.29) is 18.1 Å². The fourth-order valence-electron chi connectivity index (χ4n) is 3.18. The number of nitrogens with one attached hydrogen (secondary N) is 1. The molecule has 0 aromatic heterocycles. The summed E-state index contributed by atoms with van der Waals surface area (Å²) < 4.78 is 13.1. The number of benzene rings is 2. The van der Waals surface area contributed by atoms with Crippen LogP contribution in [0.25, 0.3) is 0 Å². The number of halogens is 1. The van der Waals surface area contributed by atoms with Crippen molar-refractivity contribution < 1.29 is 18.8 Å². The SMILES string of the molecule is Cc1ccc(NC(=O)CN2N=N[C@@H]3C(=O)N(c4ccc(F)cc4)C(=O)[C@H]32)cc1. The molecule has 0 radical (unpaired) electrons. The van der Waals surface area contributed by atoms with Gasteiger partial charge in [-0.1, -0.05) is 22.9 Å². The summed E-state index contributed by atoms with van der Waals surface area (Å²) in [6.07, 6.45) is 0. The van der Waals surface area contributed by atoms with Crippen LogP contribution in [0.3, 0.4) is 0 Å². The van der Waals surface area contributed by atoms with Crippen LogP contribution in [0.2, 0.25) is 0 Å². The Bertz CT molecular complexity index is 974. The second kappa shape index (κ2) is 6.84. The van der Waals surface area contributed by atoms with Gasteiger partial charge in [-0.15, -0.1) is 0 Å². The van der Waals surface area contributed by atoms with E-state index in [1.165, 1.54) is 17.1 Å². The molecule has 2 aromatic rings. The van der Waals surface area contributed by atoms with E-state index in [1.54, 1.807) is 12.1 Å². The quantitative estimate of drug-likeness (QED) is 0.821. The predicted molar refractivity (Wildman–Crippen MR) is 97.8 cm³/mol. The van der Waals surface area contributed by atoms with Crippen LogP contribution in [0.4, 0.5) is 15.8 Å². The third-order valence-corrected chi connectivity index (χ3v) is 4.58. The second-order valence-corrected chi connectivity index (χ2v) is 6.59. The van der Waals surface area contributed by atoms with Crippen molar-refractivity contribution in [3.8, 4) is 0 Å². The Balaban J connectivity index is 1.48. The molecule has 0 unspecified atom stereocenters. The lowest BCUT2D eigenvalue weighted by Gasteiger charge is -2.20. The number of carbonyl (C=O) groups excluding carboxylic acids is 3. The highest BCUT2D eigenvalue weighted by Crippen LogP contribution is 2.31. The maximum atomic E-state index is 13.1. The smallest absolute Gasteiger partial charge is 0.263 e. The zero-order valence-electron chi connectivity index (χ0n) is 14.9. The number of aryl methyl sites for hydroxylation is 1. The summed E-state index contributed by atoms with van der Waals surface area (Å²) in [7, 11) is 0. The summed E-state index contributed by atoms with van der Waals surface area (Å²) in [6, 6.07) is 10.3. The van der Waals surface area contributed by atoms with Gasteiger partial charge in [-0.05, 0) is 43.3 Å². The highest BCUT2D eigenvalue weighted by Gasteiger charge is 2.55. The van der Waals surface area contributed by atoms with E-state index in [4.69, 9.17) is 0 Å². The molecule has 28 heavy (non-hydrogen) atoms. The fraction of sp³-hybridized carbons (Fsp3) is 0.211. The van der Waals surface area contributed by atoms with E-state index >= 15 is 0 Å². The molecule has 0 saturated carbocycles. The molecule has 1 N–H and O–H groups in total. The maximum Gasteiger partial charge on any atom is 0.263 e. The Morgan fingerprint density at radius 2 is 1.75 bits per heavy atom. The van der Waals surface area contributed by atoms with Crippen LogP contribution in [0.5, 0.6) is 0 Å². The van der Waals surface area contributed by atoms with Gasteiger partial charge in [0.15, 0.2) is 12.1 Å². The standard InChI is InChI=1S/C19H16FN5O3/c1-11-2-6-13(7-3-11)21-15(26)10-24-17-16(22-23-24)18(27)25(19(17)28)14-8-4-12(20)5-9-14/h2-9,16-17H,10H2,1H3,(H,21,26)/t16-,17-/m0/s1. The van der Waals surface area contributed by atoms with Crippen molar-refractivity contribution >= 4 is 29.1 Å². The van der Waals surface area contributed by atoms with Gasteiger partial charge in [0.1, 0.15) is 12.4 Å². The number of anilines is 2. The predicted octanol–water partition coefficient (Wildman–Crippen LogP) is 2.07. The van der Waals surface area contributed by atoms with Crippen LogP contribution in [0.1, 0.15) is 5.56 Å². The van der Waals surface area contributed by atoms with Crippen molar-refractivity contribution in [3.63, 3.8) is 0 Å². The molecule has 0 aliphatic carbocycles. The first-order valence-corrected chi connectivity index (χ1v) is 8.61. The number of rotatable bonds is 4. The number of fused-ring (bicyclic) bond motifs is 1. The third kappa shape index (κ3) is 3.11. The molecule has 2 aliphatic rings. The van der Waals surface area contributed by atoms with Crippen LogP contribution in [-0.4, -0.2) is 41.4 Å². The van der Waals surface area contributed by atoms with Crippen LogP contribution >= 0.6 is 0 Å². The van der Waals surface area contributed by atoms with Gasteiger partial charge in [0.25, 0.3) is 11.8 Å². The topological polar surface area (TPSA) is 94.4 Å². The lowest BCUT2D eigenvalue weighted by Crippen LogP contribution is -2.43. The molecule has 4 rings (SSSR count). The van der Waals surface area contributed by atoms with E-state index in [9.17, 15) is 18.8 Å². The highest BCUT2D eigenvalue weighted by atomic mass is 19.1. The maximum absolute atomic E-state index is 13.1. The normalized spacial score (nSPS) is 20.6. The zero-order chi connectivity index (χ0) is 19.8. The van der Waals surface area contributed by atoms with Crippen LogP contribution < -0.4 is 10.2 Å². The molecule has 142 valence electrons. The summed E-state index contributed by atoms with van der Waals surface area (Å²) in [5.41, 5.74) is 1.93. The number of imide groups is 1. The zero-order valence-corrected chi connectivity index (χ0v) is 14.9. The monoisotopic (exact) mass is 381 g/mol. The highest BCUT2D eigenvalue weighted by molar-refractivity contribution is 6.25. The van der Waals surface area contributed by atoms with Crippen molar-refractivity contribution in [1.82, 2.24) is 5.01 Å². The Kier molecular flexibility index (Phi) is 4.34. The lowest BCUT2D eigenvalue weighted by atomic mass is 10.1. The number of hydrogen-bond donors (Lipinski definition) is 1. The van der Waals surface area contributed by atoms with Gasteiger partial charge in [-0.3, -0.25) is 19.4 Å². The summed E-state index contributed by atoms with van der Waals surface area (Å²) in [4.78, 5) is 38.6. The average molecular weight is 381 g/mol. The largest absolute Gasteiger partial charge is 0.324 e. The molecular formula is C19H16FN5O3. The molecule has 2 aliphatic heterocycles. The number of nitrogens with zero attached hydrogens (tertiary/aromatic N) is 4. The van der Waals surface area contributed by atoms with Gasteiger partial charge in [0, 0.05) is 5.69 Å². The molecule has 1 fully saturated rings. The van der Waals surface area contributed by atoms with Crippen LogP contribution in [0.15, 0.2) is 58.9 Å². The van der Waals surface area contributed by atoms with Crippen molar-refractivity contribution in [3.05, 3.63) is 59.9 Å². The minimum absolute atomic E-state index is 0.227. The van der Waals surface area contributed by atoms with Gasteiger partial charge in [-0.25, -0.2) is 9.29 Å².